The third-order valence-corrected chi connectivity index (χ3v) is 5.28. The Morgan fingerprint density at radius 3 is 2.59 bits per heavy atom. The van der Waals surface area contributed by atoms with Crippen molar-refractivity contribution in [2.75, 3.05) is 26.8 Å². The minimum absolute atomic E-state index is 0.0208. The molecule has 0 unspecified atom stereocenters. The van der Waals surface area contributed by atoms with Gasteiger partial charge in [-0.05, 0) is 35.9 Å². The Kier molecular flexibility index (Phi) is 8.50. The van der Waals surface area contributed by atoms with Crippen LogP contribution >= 0.6 is 0 Å². The number of benzene rings is 1. The van der Waals surface area contributed by atoms with Gasteiger partial charge in [0, 0.05) is 19.7 Å². The van der Waals surface area contributed by atoms with Gasteiger partial charge in [-0.25, -0.2) is 21.9 Å². The smallest absolute Gasteiger partial charge is 0.255 e. The Bertz CT molecular complexity index is 897. The van der Waals surface area contributed by atoms with Gasteiger partial charge in [-0.1, -0.05) is 12.1 Å². The van der Waals surface area contributed by atoms with Crippen molar-refractivity contribution >= 4 is 22.0 Å². The minimum Gasteiger partial charge on any atom is -0.468 e. The number of carbonyl (C=O) groups is 1. The van der Waals surface area contributed by atoms with Crippen LogP contribution in [0.1, 0.15) is 11.3 Å². The average molecular weight is 428 g/mol. The summed E-state index contributed by atoms with van der Waals surface area (Å²) in [6.45, 7) is -0.482. The summed E-state index contributed by atoms with van der Waals surface area (Å²) in [7, 11) is -2.31. The van der Waals surface area contributed by atoms with E-state index in [-0.39, 0.29) is 24.6 Å². The molecule has 0 aliphatic carbocycles. The number of nitrogens with one attached hydrogen (secondary N) is 1. The number of rotatable bonds is 11. The van der Waals surface area contributed by atoms with Crippen LogP contribution in [0.15, 0.2) is 58.1 Å². The van der Waals surface area contributed by atoms with Gasteiger partial charge in [-0.15, -0.1) is 0 Å². The first-order valence-corrected chi connectivity index (χ1v) is 10.2. The highest BCUT2D eigenvalue weighted by Gasteiger charge is 2.16. The number of hydrogen-bond donors (Lipinski definition) is 1. The molecular formula is C19H22F2N2O5S. The highest BCUT2D eigenvalue weighted by Crippen LogP contribution is 2.13. The summed E-state index contributed by atoms with van der Waals surface area (Å²) in [6, 6.07) is 9.10. The fraction of sp³-hybridized carbons (Fsp3) is 0.316. The highest BCUT2D eigenvalue weighted by molar-refractivity contribution is 7.89. The van der Waals surface area contributed by atoms with Gasteiger partial charge in [0.15, 0.2) is 0 Å². The molecule has 158 valence electrons. The third-order valence-electron chi connectivity index (χ3n) is 3.86. The summed E-state index contributed by atoms with van der Waals surface area (Å²) in [5.41, 5.74) is 0.548. The van der Waals surface area contributed by atoms with E-state index < -0.39 is 28.9 Å². The van der Waals surface area contributed by atoms with Crippen molar-refractivity contribution in [2.24, 2.45) is 0 Å². The fourth-order valence-electron chi connectivity index (χ4n) is 2.35. The molecule has 29 heavy (non-hydrogen) atoms. The summed E-state index contributed by atoms with van der Waals surface area (Å²) >= 11 is 0. The molecule has 1 aromatic heterocycles. The maximum Gasteiger partial charge on any atom is 0.255 e. The maximum absolute atomic E-state index is 12.6. The molecule has 0 saturated carbocycles. The summed E-state index contributed by atoms with van der Waals surface area (Å²) in [4.78, 5) is 13.2. The molecule has 0 aliphatic heterocycles. The van der Waals surface area contributed by atoms with Crippen molar-refractivity contribution < 1.29 is 31.1 Å². The Hall–Kier alpha value is -2.56. The highest BCUT2D eigenvalue weighted by atomic mass is 32.2. The number of alkyl halides is 2. The minimum atomic E-state index is -3.73. The predicted molar refractivity (Wildman–Crippen MR) is 103 cm³/mol. The van der Waals surface area contributed by atoms with Gasteiger partial charge >= 0.3 is 0 Å². The Morgan fingerprint density at radius 1 is 1.28 bits per heavy atom. The van der Waals surface area contributed by atoms with Gasteiger partial charge in [0.1, 0.15) is 5.76 Å². The number of ether oxygens (including phenoxy) is 1. The van der Waals surface area contributed by atoms with Crippen LogP contribution in [0.4, 0.5) is 8.78 Å². The molecule has 0 atom stereocenters. The standard InChI is InChI=1S/C19H22F2N2O5S/c1-27-12-10-23(14-18(20)21)19(24)9-6-15-4-7-17(8-5-15)29(25,26)22-13-16-3-2-11-28-16/h2-9,11,18,22H,10,12-14H2,1H3/b9-6+. The normalized spacial score (nSPS) is 12.0. The number of carbonyl (C=O) groups excluding carboxylic acids is 1. The van der Waals surface area contributed by atoms with E-state index in [0.29, 0.717) is 11.3 Å². The zero-order valence-electron chi connectivity index (χ0n) is 15.8. The van der Waals surface area contributed by atoms with Crippen molar-refractivity contribution in [2.45, 2.75) is 17.9 Å². The third kappa shape index (κ3) is 7.41. The summed E-state index contributed by atoms with van der Waals surface area (Å²) in [5.74, 6) is -0.104. The van der Waals surface area contributed by atoms with Gasteiger partial charge in [0.05, 0.1) is 30.9 Å². The molecule has 0 radical (unpaired) electrons. The van der Waals surface area contributed by atoms with E-state index in [4.69, 9.17) is 9.15 Å². The molecule has 0 aliphatic rings. The van der Waals surface area contributed by atoms with Crippen molar-refractivity contribution in [1.29, 1.82) is 0 Å². The molecule has 0 bridgehead atoms. The van der Waals surface area contributed by atoms with Crippen LogP contribution in [0, 0.1) is 0 Å². The number of halogens is 2. The number of hydrogen-bond acceptors (Lipinski definition) is 5. The fourth-order valence-corrected chi connectivity index (χ4v) is 3.35. The molecule has 2 aromatic rings. The van der Waals surface area contributed by atoms with E-state index in [0.717, 1.165) is 11.0 Å². The van der Waals surface area contributed by atoms with Gasteiger partial charge in [0.25, 0.3) is 6.43 Å². The van der Waals surface area contributed by atoms with Crippen LogP contribution in [0.3, 0.4) is 0 Å². The van der Waals surface area contributed by atoms with E-state index in [1.165, 1.54) is 43.7 Å². The quantitative estimate of drug-likeness (QED) is 0.556. The second kappa shape index (κ2) is 10.8. The summed E-state index contributed by atoms with van der Waals surface area (Å²) in [6.07, 6.45) is 1.39. The SMILES string of the molecule is COCCN(CC(F)F)C(=O)/C=C/c1ccc(S(=O)(=O)NCc2ccco2)cc1. The van der Waals surface area contributed by atoms with E-state index in [1.54, 1.807) is 12.1 Å². The zero-order chi connectivity index (χ0) is 21.3. The second-order valence-electron chi connectivity index (χ2n) is 5.97. The Balaban J connectivity index is 2.00. The van der Waals surface area contributed by atoms with Crippen molar-refractivity contribution in [1.82, 2.24) is 9.62 Å². The lowest BCUT2D eigenvalue weighted by molar-refractivity contribution is -0.128. The van der Waals surface area contributed by atoms with Crippen LogP contribution in [0.5, 0.6) is 0 Å². The molecule has 0 spiro atoms. The van der Waals surface area contributed by atoms with Crippen LogP contribution < -0.4 is 4.72 Å². The van der Waals surface area contributed by atoms with Crippen molar-refractivity contribution in [3.05, 3.63) is 60.1 Å². The molecule has 1 N–H and O–H groups in total. The van der Waals surface area contributed by atoms with Crippen LogP contribution in [0.25, 0.3) is 6.08 Å². The Morgan fingerprint density at radius 2 is 2.00 bits per heavy atom. The van der Waals surface area contributed by atoms with Crippen LogP contribution in [-0.2, 0) is 26.1 Å². The lowest BCUT2D eigenvalue weighted by Gasteiger charge is -2.20. The maximum atomic E-state index is 12.6. The lowest BCUT2D eigenvalue weighted by Crippen LogP contribution is -2.36. The number of furan rings is 1. The molecule has 10 heteroatoms. The Labute approximate surface area is 168 Å². The first-order valence-electron chi connectivity index (χ1n) is 8.68. The molecule has 7 nitrogen and oxygen atoms in total. The van der Waals surface area contributed by atoms with Gasteiger partial charge in [-0.2, -0.15) is 0 Å². The lowest BCUT2D eigenvalue weighted by atomic mass is 10.2. The van der Waals surface area contributed by atoms with E-state index in [1.807, 2.05) is 0 Å². The molecule has 0 fully saturated rings. The average Bonchev–Trinajstić information content (AvgIpc) is 3.21. The van der Waals surface area contributed by atoms with Gasteiger partial charge in [-0.3, -0.25) is 4.79 Å². The molecule has 1 aromatic carbocycles. The van der Waals surface area contributed by atoms with Crippen LogP contribution in [0.2, 0.25) is 0 Å². The zero-order valence-corrected chi connectivity index (χ0v) is 16.6. The first-order chi connectivity index (χ1) is 13.8. The molecule has 0 saturated heterocycles. The number of amides is 1. The second-order valence-corrected chi connectivity index (χ2v) is 7.74. The summed E-state index contributed by atoms with van der Waals surface area (Å²) < 4.78 is 62.1. The molecule has 1 heterocycles. The van der Waals surface area contributed by atoms with E-state index in [9.17, 15) is 22.0 Å². The van der Waals surface area contributed by atoms with Crippen molar-refractivity contribution in [3.8, 4) is 0 Å². The number of nitrogens with zero attached hydrogens (tertiary/aromatic N) is 1. The molecule has 1 amide bonds. The van der Waals surface area contributed by atoms with E-state index in [2.05, 4.69) is 4.72 Å². The summed E-state index contributed by atoms with van der Waals surface area (Å²) in [5, 5.41) is 0. The monoisotopic (exact) mass is 428 g/mol. The predicted octanol–water partition coefficient (Wildman–Crippen LogP) is 2.51. The van der Waals surface area contributed by atoms with Gasteiger partial charge < -0.3 is 14.1 Å². The molecular weight excluding hydrogens is 406 g/mol. The van der Waals surface area contributed by atoms with Crippen molar-refractivity contribution in [3.63, 3.8) is 0 Å². The van der Waals surface area contributed by atoms with Gasteiger partial charge in [0.2, 0.25) is 15.9 Å². The number of sulfonamides is 1. The van der Waals surface area contributed by atoms with Crippen LogP contribution in [-0.4, -0.2) is 52.5 Å². The topological polar surface area (TPSA) is 88.8 Å². The largest absolute Gasteiger partial charge is 0.468 e. The first kappa shape index (κ1) is 22.7. The number of methoxy groups -OCH3 is 1. The molecule has 2 rings (SSSR count). The van der Waals surface area contributed by atoms with E-state index >= 15 is 0 Å².